The molecule has 0 saturated heterocycles. The largest absolute Gasteiger partial charge is 0.301 e. The Morgan fingerprint density at radius 3 is 2.40 bits per heavy atom. The van der Waals surface area contributed by atoms with E-state index >= 15 is 0 Å². The second kappa shape index (κ2) is 7.83. The molecule has 88 valence electrons. The fourth-order valence-electron chi connectivity index (χ4n) is 1.45. The van der Waals surface area contributed by atoms with Gasteiger partial charge in [0, 0.05) is 24.4 Å². The van der Waals surface area contributed by atoms with Crippen LogP contribution in [0, 0.1) is 6.92 Å². The summed E-state index contributed by atoms with van der Waals surface area (Å²) in [6.07, 6.45) is 1.14. The van der Waals surface area contributed by atoms with Gasteiger partial charge < -0.3 is 4.90 Å². The smallest absolute Gasteiger partial charge is 0.0900 e. The van der Waals surface area contributed by atoms with Crippen LogP contribution in [0.2, 0.25) is 0 Å². The molecule has 0 bridgehead atoms. The van der Waals surface area contributed by atoms with Crippen molar-refractivity contribution in [3.05, 3.63) is 15.6 Å². The zero-order valence-electron chi connectivity index (χ0n) is 10.9. The van der Waals surface area contributed by atoms with Crippen molar-refractivity contribution in [3.63, 3.8) is 0 Å². The lowest BCUT2D eigenvalue weighted by molar-refractivity contribution is 0.314. The average molecular weight is 228 g/mol. The first kappa shape index (κ1) is 14.6. The van der Waals surface area contributed by atoms with Gasteiger partial charge in [-0.3, -0.25) is 0 Å². The first-order valence-corrected chi connectivity index (χ1v) is 6.71. The van der Waals surface area contributed by atoms with E-state index in [1.54, 1.807) is 0 Å². The van der Waals surface area contributed by atoms with Gasteiger partial charge >= 0.3 is 0 Å². The Morgan fingerprint density at radius 1 is 1.20 bits per heavy atom. The van der Waals surface area contributed by atoms with E-state index in [-0.39, 0.29) is 0 Å². The number of thiazole rings is 1. The maximum absolute atomic E-state index is 4.48. The molecule has 0 amide bonds. The van der Waals surface area contributed by atoms with E-state index in [0.29, 0.717) is 0 Å². The van der Waals surface area contributed by atoms with Crippen LogP contribution in [-0.4, -0.2) is 23.5 Å². The molecule has 3 heteroatoms. The Hall–Kier alpha value is -0.410. The van der Waals surface area contributed by atoms with Crippen LogP contribution in [0.5, 0.6) is 0 Å². The van der Waals surface area contributed by atoms with E-state index in [4.69, 9.17) is 0 Å². The second-order valence-corrected chi connectivity index (χ2v) is 4.38. The highest BCUT2D eigenvalue weighted by Crippen LogP contribution is 2.23. The Bertz CT molecular complexity index is 269. The zero-order valence-corrected chi connectivity index (χ0v) is 11.7. The van der Waals surface area contributed by atoms with E-state index < -0.39 is 0 Å². The summed E-state index contributed by atoms with van der Waals surface area (Å²) in [6.45, 7) is 12.3. The van der Waals surface area contributed by atoms with Crippen LogP contribution in [0.1, 0.15) is 43.3 Å². The molecule has 2 heterocycles. The molecule has 0 spiro atoms. The number of nitrogens with zero attached hydrogens (tertiary/aromatic N) is 2. The summed E-state index contributed by atoms with van der Waals surface area (Å²) in [4.78, 5) is 8.29. The predicted octanol–water partition coefficient (Wildman–Crippen LogP) is 3.49. The summed E-state index contributed by atoms with van der Waals surface area (Å²) in [6, 6.07) is 0. The number of aromatic nitrogens is 1. The maximum atomic E-state index is 4.48. The van der Waals surface area contributed by atoms with Crippen molar-refractivity contribution in [1.82, 2.24) is 9.88 Å². The molecule has 0 atom stereocenters. The number of hydrogen-bond acceptors (Lipinski definition) is 3. The Balaban J connectivity index is 0.000000442. The van der Waals surface area contributed by atoms with Gasteiger partial charge in [-0.15, -0.1) is 11.3 Å². The van der Waals surface area contributed by atoms with Gasteiger partial charge in [-0.05, 0) is 14.0 Å². The van der Waals surface area contributed by atoms with Gasteiger partial charge in [0.2, 0.25) is 0 Å². The predicted molar refractivity (Wildman–Crippen MR) is 69.6 cm³/mol. The summed E-state index contributed by atoms with van der Waals surface area (Å²) in [5.74, 6) is 0. The fourth-order valence-corrected chi connectivity index (χ4v) is 2.52. The summed E-state index contributed by atoms with van der Waals surface area (Å²) in [5, 5.41) is 1.21. The maximum Gasteiger partial charge on any atom is 0.0900 e. The van der Waals surface area contributed by atoms with Crippen LogP contribution < -0.4 is 0 Å². The van der Waals surface area contributed by atoms with Gasteiger partial charge in [0.05, 0.1) is 10.7 Å². The monoisotopic (exact) mass is 228 g/mol. The third-order valence-electron chi connectivity index (χ3n) is 2.03. The van der Waals surface area contributed by atoms with Crippen LogP contribution >= 0.6 is 11.3 Å². The highest BCUT2D eigenvalue weighted by Gasteiger charge is 2.16. The van der Waals surface area contributed by atoms with Crippen molar-refractivity contribution < 1.29 is 0 Å². The standard InChI is InChI=1S/C8H12N2S.2C2H6/c1-6-9-7-3-4-10(2)5-8(7)11-6;2*1-2/h3-5H2,1-2H3;2*1-2H3. The first-order chi connectivity index (χ1) is 7.25. The molecular formula is C12H24N2S. The summed E-state index contributed by atoms with van der Waals surface area (Å²) < 4.78 is 0. The molecule has 15 heavy (non-hydrogen) atoms. The molecular weight excluding hydrogens is 204 g/mol. The Kier molecular flexibility index (Phi) is 7.61. The lowest BCUT2D eigenvalue weighted by Crippen LogP contribution is -2.25. The van der Waals surface area contributed by atoms with Crippen LogP contribution in [0.4, 0.5) is 0 Å². The lowest BCUT2D eigenvalue weighted by Gasteiger charge is -2.20. The molecule has 0 radical (unpaired) electrons. The quantitative estimate of drug-likeness (QED) is 0.676. The number of fused-ring (bicyclic) bond motifs is 1. The summed E-state index contributed by atoms with van der Waals surface area (Å²) in [7, 11) is 2.16. The van der Waals surface area contributed by atoms with Crippen LogP contribution in [0.3, 0.4) is 0 Å². The fraction of sp³-hybridized carbons (Fsp3) is 0.750. The van der Waals surface area contributed by atoms with E-state index in [1.807, 2.05) is 39.0 Å². The number of rotatable bonds is 0. The van der Waals surface area contributed by atoms with Crippen molar-refractivity contribution in [2.24, 2.45) is 0 Å². The van der Waals surface area contributed by atoms with Gasteiger partial charge in [0.1, 0.15) is 0 Å². The SMILES string of the molecule is CC.CC.Cc1nc2c(s1)CN(C)CC2. The van der Waals surface area contributed by atoms with Crippen molar-refractivity contribution in [1.29, 1.82) is 0 Å². The van der Waals surface area contributed by atoms with E-state index in [0.717, 1.165) is 19.5 Å². The molecule has 0 N–H and O–H groups in total. The third kappa shape index (κ3) is 4.31. The summed E-state index contributed by atoms with van der Waals surface area (Å²) >= 11 is 1.84. The second-order valence-electron chi connectivity index (χ2n) is 3.09. The highest BCUT2D eigenvalue weighted by atomic mass is 32.1. The molecule has 0 fully saturated rings. The highest BCUT2D eigenvalue weighted by molar-refractivity contribution is 7.11. The summed E-state index contributed by atoms with van der Waals surface area (Å²) in [5.41, 5.74) is 1.34. The van der Waals surface area contributed by atoms with Gasteiger partial charge in [-0.2, -0.15) is 0 Å². The molecule has 0 saturated carbocycles. The number of likely N-dealkylation sites (N-methyl/N-ethyl adjacent to an activating group) is 1. The number of hydrogen-bond donors (Lipinski definition) is 0. The molecule has 1 aromatic rings. The molecule has 1 aromatic heterocycles. The first-order valence-electron chi connectivity index (χ1n) is 5.89. The van der Waals surface area contributed by atoms with Crippen molar-refractivity contribution in [2.75, 3.05) is 13.6 Å². The molecule has 1 aliphatic heterocycles. The van der Waals surface area contributed by atoms with Gasteiger partial charge in [0.25, 0.3) is 0 Å². The third-order valence-corrected chi connectivity index (χ3v) is 3.03. The molecule has 2 rings (SSSR count). The van der Waals surface area contributed by atoms with Crippen LogP contribution in [0.15, 0.2) is 0 Å². The average Bonchev–Trinajstić information content (AvgIpc) is 2.63. The molecule has 0 unspecified atom stereocenters. The minimum Gasteiger partial charge on any atom is -0.301 e. The van der Waals surface area contributed by atoms with Gasteiger partial charge in [0.15, 0.2) is 0 Å². The van der Waals surface area contributed by atoms with Gasteiger partial charge in [-0.1, -0.05) is 27.7 Å². The normalized spacial score (nSPS) is 14.3. The minimum absolute atomic E-state index is 1.10. The molecule has 2 nitrogen and oxygen atoms in total. The molecule has 0 aromatic carbocycles. The molecule has 0 aliphatic carbocycles. The van der Waals surface area contributed by atoms with Crippen molar-refractivity contribution in [3.8, 4) is 0 Å². The van der Waals surface area contributed by atoms with Crippen molar-refractivity contribution >= 4 is 11.3 Å². The Labute approximate surface area is 98.3 Å². The van der Waals surface area contributed by atoms with Crippen LogP contribution in [0.25, 0.3) is 0 Å². The zero-order chi connectivity index (χ0) is 11.8. The Morgan fingerprint density at radius 2 is 1.80 bits per heavy atom. The van der Waals surface area contributed by atoms with E-state index in [1.165, 1.54) is 15.6 Å². The topological polar surface area (TPSA) is 16.1 Å². The van der Waals surface area contributed by atoms with E-state index in [2.05, 4.69) is 23.9 Å². The van der Waals surface area contributed by atoms with Crippen molar-refractivity contribution in [2.45, 2.75) is 47.6 Å². The van der Waals surface area contributed by atoms with Crippen LogP contribution in [-0.2, 0) is 13.0 Å². The minimum atomic E-state index is 1.10. The molecule has 1 aliphatic rings. The lowest BCUT2D eigenvalue weighted by atomic mass is 10.2. The van der Waals surface area contributed by atoms with Gasteiger partial charge in [-0.25, -0.2) is 4.98 Å². The number of aryl methyl sites for hydroxylation is 1. The van der Waals surface area contributed by atoms with E-state index in [9.17, 15) is 0 Å².